The summed E-state index contributed by atoms with van der Waals surface area (Å²) in [6, 6.07) is 7.54. The number of hydrogen-bond donors (Lipinski definition) is 3. The van der Waals surface area contributed by atoms with Gasteiger partial charge in [-0.25, -0.2) is 4.79 Å². The third kappa shape index (κ3) is 3.83. The average molecular weight is 331 g/mol. The Morgan fingerprint density at radius 1 is 1.43 bits per heavy atom. The fourth-order valence-corrected chi connectivity index (χ4v) is 3.52. The van der Waals surface area contributed by atoms with Crippen molar-refractivity contribution in [3.63, 3.8) is 0 Å². The number of nitrogens with zero attached hydrogens (tertiary/aromatic N) is 1. The molecule has 3 rings (SSSR count). The lowest BCUT2D eigenvalue weighted by molar-refractivity contribution is 0.175. The van der Waals surface area contributed by atoms with Crippen LogP contribution in [0.2, 0.25) is 0 Å². The van der Waals surface area contributed by atoms with E-state index in [1.165, 1.54) is 22.6 Å². The molecule has 122 valence electrons. The maximum Gasteiger partial charge on any atom is 0.319 e. The summed E-state index contributed by atoms with van der Waals surface area (Å²) >= 11 is 1.53. The summed E-state index contributed by atoms with van der Waals surface area (Å²) in [6.07, 6.45) is 1.49. The largest absolute Gasteiger partial charge is 0.387 e. The molecule has 1 unspecified atom stereocenters. The number of aliphatic hydroxyl groups is 1. The second-order valence-corrected chi connectivity index (χ2v) is 6.56. The molecule has 1 atom stereocenters. The van der Waals surface area contributed by atoms with E-state index in [1.54, 1.807) is 0 Å². The van der Waals surface area contributed by atoms with Crippen LogP contribution in [-0.4, -0.2) is 31.3 Å². The smallest absolute Gasteiger partial charge is 0.319 e. The van der Waals surface area contributed by atoms with E-state index in [-0.39, 0.29) is 12.6 Å². The molecule has 0 saturated heterocycles. The van der Waals surface area contributed by atoms with E-state index in [0.717, 1.165) is 30.6 Å². The Hall–Kier alpha value is -2.05. The summed E-state index contributed by atoms with van der Waals surface area (Å²) in [4.78, 5) is 14.2. The van der Waals surface area contributed by atoms with Crippen LogP contribution in [0.15, 0.2) is 35.0 Å². The molecule has 0 radical (unpaired) electrons. The number of anilines is 2. The van der Waals surface area contributed by atoms with Gasteiger partial charge < -0.3 is 20.6 Å². The van der Waals surface area contributed by atoms with E-state index in [2.05, 4.69) is 22.6 Å². The molecule has 5 nitrogen and oxygen atoms in total. The number of aryl methyl sites for hydroxylation is 1. The van der Waals surface area contributed by atoms with Crippen LogP contribution in [0, 0.1) is 0 Å². The highest BCUT2D eigenvalue weighted by molar-refractivity contribution is 7.07. The van der Waals surface area contributed by atoms with Gasteiger partial charge in [0.2, 0.25) is 0 Å². The van der Waals surface area contributed by atoms with Gasteiger partial charge in [-0.2, -0.15) is 11.3 Å². The Labute approximate surface area is 139 Å². The number of nitrogens with one attached hydrogen (secondary N) is 2. The number of amides is 2. The van der Waals surface area contributed by atoms with Crippen LogP contribution in [0.4, 0.5) is 16.2 Å². The average Bonchev–Trinajstić information content (AvgIpc) is 3.07. The SMILES string of the molecule is CN1CCCc2cc(NC(=O)NCC(O)c3ccsc3)ccc21. The number of fused-ring (bicyclic) bond motifs is 1. The number of benzene rings is 1. The molecule has 6 heteroatoms. The molecule has 0 aliphatic carbocycles. The van der Waals surface area contributed by atoms with Crippen molar-refractivity contribution in [2.75, 3.05) is 30.4 Å². The molecule has 2 aromatic rings. The first-order valence-electron chi connectivity index (χ1n) is 7.72. The van der Waals surface area contributed by atoms with Gasteiger partial charge in [0.1, 0.15) is 0 Å². The van der Waals surface area contributed by atoms with Gasteiger partial charge in [0.15, 0.2) is 0 Å². The van der Waals surface area contributed by atoms with E-state index in [4.69, 9.17) is 0 Å². The lowest BCUT2D eigenvalue weighted by Gasteiger charge is -2.27. The van der Waals surface area contributed by atoms with Crippen molar-refractivity contribution < 1.29 is 9.90 Å². The molecule has 0 saturated carbocycles. The highest BCUT2D eigenvalue weighted by Crippen LogP contribution is 2.28. The zero-order valence-corrected chi connectivity index (χ0v) is 13.9. The summed E-state index contributed by atoms with van der Waals surface area (Å²) < 4.78 is 0. The van der Waals surface area contributed by atoms with Gasteiger partial charge in [0.05, 0.1) is 6.10 Å². The van der Waals surface area contributed by atoms with Gasteiger partial charge in [-0.15, -0.1) is 0 Å². The molecule has 23 heavy (non-hydrogen) atoms. The van der Waals surface area contributed by atoms with Crippen molar-refractivity contribution in [2.24, 2.45) is 0 Å². The Balaban J connectivity index is 1.56. The van der Waals surface area contributed by atoms with Gasteiger partial charge >= 0.3 is 6.03 Å². The predicted molar refractivity (Wildman–Crippen MR) is 94.3 cm³/mol. The molecular weight excluding hydrogens is 310 g/mol. The number of urea groups is 1. The standard InChI is InChI=1S/C17H21N3O2S/c1-20-7-2-3-12-9-14(4-5-15(12)20)19-17(22)18-10-16(21)13-6-8-23-11-13/h4-6,8-9,11,16,21H,2-3,7,10H2,1H3,(H2,18,19,22). The van der Waals surface area contributed by atoms with Crippen molar-refractivity contribution in [3.05, 3.63) is 46.2 Å². The zero-order chi connectivity index (χ0) is 16.2. The van der Waals surface area contributed by atoms with Crippen molar-refractivity contribution in [2.45, 2.75) is 18.9 Å². The van der Waals surface area contributed by atoms with Gasteiger partial charge in [-0.05, 0) is 59.0 Å². The molecule has 0 fully saturated rings. The quantitative estimate of drug-likeness (QED) is 0.807. The third-order valence-corrected chi connectivity index (χ3v) is 4.77. The first-order valence-corrected chi connectivity index (χ1v) is 8.67. The minimum atomic E-state index is -0.677. The van der Waals surface area contributed by atoms with E-state index in [9.17, 15) is 9.90 Å². The Bertz CT molecular complexity index is 672. The third-order valence-electron chi connectivity index (χ3n) is 4.07. The van der Waals surface area contributed by atoms with Gasteiger partial charge in [0, 0.05) is 31.5 Å². The molecule has 3 N–H and O–H groups in total. The van der Waals surface area contributed by atoms with E-state index < -0.39 is 6.10 Å². The van der Waals surface area contributed by atoms with Crippen LogP contribution in [-0.2, 0) is 6.42 Å². The summed E-state index contributed by atoms with van der Waals surface area (Å²) in [5, 5.41) is 19.3. The minimum absolute atomic E-state index is 0.191. The number of thiophene rings is 1. The Kier molecular flexibility index (Phi) is 4.83. The van der Waals surface area contributed by atoms with Gasteiger partial charge in [0.25, 0.3) is 0 Å². The lowest BCUT2D eigenvalue weighted by Crippen LogP contribution is -2.32. The molecule has 2 heterocycles. The monoisotopic (exact) mass is 331 g/mol. The Morgan fingerprint density at radius 3 is 3.09 bits per heavy atom. The number of hydrogen-bond acceptors (Lipinski definition) is 4. The Morgan fingerprint density at radius 2 is 2.30 bits per heavy atom. The van der Waals surface area contributed by atoms with Crippen LogP contribution in [0.5, 0.6) is 0 Å². The molecule has 1 aliphatic rings. The first kappa shape index (κ1) is 15.8. The van der Waals surface area contributed by atoms with E-state index >= 15 is 0 Å². The fourth-order valence-electron chi connectivity index (χ4n) is 2.81. The topological polar surface area (TPSA) is 64.6 Å². The van der Waals surface area contributed by atoms with E-state index in [0.29, 0.717) is 0 Å². The molecule has 1 aliphatic heterocycles. The first-order chi connectivity index (χ1) is 11.1. The maximum absolute atomic E-state index is 12.0. The molecule has 2 amide bonds. The minimum Gasteiger partial charge on any atom is -0.387 e. The predicted octanol–water partition coefficient (Wildman–Crippen LogP) is 2.99. The van der Waals surface area contributed by atoms with Crippen molar-refractivity contribution in [1.29, 1.82) is 0 Å². The fraction of sp³-hybridized carbons (Fsp3) is 0.353. The summed E-state index contributed by atoms with van der Waals surface area (Å²) in [6.45, 7) is 1.26. The second kappa shape index (κ2) is 7.02. The molecule has 1 aromatic carbocycles. The molecular formula is C17H21N3O2S. The molecule has 0 bridgehead atoms. The zero-order valence-electron chi connectivity index (χ0n) is 13.1. The normalized spacial score (nSPS) is 15.0. The molecule has 1 aromatic heterocycles. The summed E-state index contributed by atoms with van der Waals surface area (Å²) in [7, 11) is 2.09. The van der Waals surface area contributed by atoms with Gasteiger partial charge in [-0.1, -0.05) is 0 Å². The highest BCUT2D eigenvalue weighted by atomic mass is 32.1. The van der Waals surface area contributed by atoms with Crippen LogP contribution >= 0.6 is 11.3 Å². The van der Waals surface area contributed by atoms with Crippen LogP contribution in [0.25, 0.3) is 0 Å². The number of carbonyl (C=O) groups excluding carboxylic acids is 1. The number of aliphatic hydroxyl groups excluding tert-OH is 1. The summed E-state index contributed by atoms with van der Waals surface area (Å²) in [5.41, 5.74) is 4.10. The van der Waals surface area contributed by atoms with Crippen LogP contribution in [0.3, 0.4) is 0 Å². The van der Waals surface area contributed by atoms with Crippen LogP contribution in [0.1, 0.15) is 23.7 Å². The molecule has 0 spiro atoms. The van der Waals surface area contributed by atoms with Crippen molar-refractivity contribution in [1.82, 2.24) is 5.32 Å². The highest BCUT2D eigenvalue weighted by Gasteiger charge is 2.15. The van der Waals surface area contributed by atoms with Crippen LogP contribution < -0.4 is 15.5 Å². The summed E-state index contributed by atoms with van der Waals surface area (Å²) in [5.74, 6) is 0. The van der Waals surface area contributed by atoms with Crippen molar-refractivity contribution >= 4 is 28.7 Å². The second-order valence-electron chi connectivity index (χ2n) is 5.78. The van der Waals surface area contributed by atoms with E-state index in [1.807, 2.05) is 35.0 Å². The van der Waals surface area contributed by atoms with Gasteiger partial charge in [-0.3, -0.25) is 0 Å². The maximum atomic E-state index is 12.0. The number of carbonyl (C=O) groups is 1. The lowest BCUT2D eigenvalue weighted by atomic mass is 10.0. The van der Waals surface area contributed by atoms with Crippen molar-refractivity contribution in [3.8, 4) is 0 Å². The number of rotatable bonds is 4.